The van der Waals surface area contributed by atoms with E-state index in [4.69, 9.17) is 22.1 Å². The van der Waals surface area contributed by atoms with Gasteiger partial charge in [-0.1, -0.05) is 6.92 Å². The number of β-amino-alcohol motifs (C(OH)–C–C–N with tert-alkyl or cyclic N) is 1. The van der Waals surface area contributed by atoms with E-state index in [-0.39, 0.29) is 12.6 Å². The van der Waals surface area contributed by atoms with Crippen LogP contribution in [0.1, 0.15) is 34.1 Å². The van der Waals surface area contributed by atoms with E-state index in [1.165, 1.54) is 12.0 Å². The first-order valence-corrected chi connectivity index (χ1v) is 10.4. The smallest absolute Gasteiger partial charge is 0.341 e. The standard InChI is InChI=1S/C18H27N3O3S2/c1-12-3-4-13-14(11-12)26-16(15(13)17(23)24-2)19-18(25)21-7-5-20(6-8-21)9-10-22/h12,22H,3-11H2,1-2H3,(H,19,25)/t12-/m0/s1. The van der Waals surface area contributed by atoms with Crippen LogP contribution in [0.2, 0.25) is 0 Å². The van der Waals surface area contributed by atoms with Gasteiger partial charge in [0.2, 0.25) is 0 Å². The van der Waals surface area contributed by atoms with Gasteiger partial charge in [0, 0.05) is 37.6 Å². The summed E-state index contributed by atoms with van der Waals surface area (Å²) in [5.74, 6) is 0.362. The van der Waals surface area contributed by atoms with Gasteiger partial charge < -0.3 is 20.1 Å². The van der Waals surface area contributed by atoms with Crippen LogP contribution >= 0.6 is 23.6 Å². The molecule has 3 rings (SSSR count). The maximum absolute atomic E-state index is 12.4. The second-order valence-electron chi connectivity index (χ2n) is 7.03. The topological polar surface area (TPSA) is 65.0 Å². The monoisotopic (exact) mass is 397 g/mol. The first-order valence-electron chi connectivity index (χ1n) is 9.15. The van der Waals surface area contributed by atoms with Crippen molar-refractivity contribution in [2.75, 3.05) is 51.8 Å². The van der Waals surface area contributed by atoms with Crippen molar-refractivity contribution < 1.29 is 14.6 Å². The second kappa shape index (κ2) is 8.65. The molecule has 1 aromatic heterocycles. The minimum absolute atomic E-state index is 0.185. The Labute approximate surface area is 164 Å². The van der Waals surface area contributed by atoms with E-state index in [1.807, 2.05) is 0 Å². The highest BCUT2D eigenvalue weighted by Gasteiger charge is 2.29. The van der Waals surface area contributed by atoms with Crippen molar-refractivity contribution in [1.82, 2.24) is 9.80 Å². The molecule has 0 bridgehead atoms. The number of anilines is 1. The summed E-state index contributed by atoms with van der Waals surface area (Å²) >= 11 is 7.25. The van der Waals surface area contributed by atoms with E-state index in [0.717, 1.165) is 56.0 Å². The Bertz CT molecular complexity index is 669. The number of carbonyl (C=O) groups excluding carboxylic acids is 1. The number of rotatable bonds is 4. The molecule has 8 heteroatoms. The molecule has 0 aromatic carbocycles. The summed E-state index contributed by atoms with van der Waals surface area (Å²) in [6.07, 6.45) is 3.04. The van der Waals surface area contributed by atoms with Gasteiger partial charge in [-0.25, -0.2) is 4.79 Å². The fraction of sp³-hybridized carbons (Fsp3) is 0.667. The third-order valence-corrected chi connectivity index (χ3v) is 6.73. The van der Waals surface area contributed by atoms with Gasteiger partial charge in [0.05, 0.1) is 19.3 Å². The third-order valence-electron chi connectivity index (χ3n) is 5.20. The first kappa shape index (κ1) is 19.5. The highest BCUT2D eigenvalue weighted by atomic mass is 32.1. The number of ether oxygens (including phenoxy) is 1. The van der Waals surface area contributed by atoms with Crippen molar-refractivity contribution in [2.24, 2.45) is 5.92 Å². The zero-order valence-electron chi connectivity index (χ0n) is 15.4. The van der Waals surface area contributed by atoms with E-state index in [9.17, 15) is 4.79 Å². The Hall–Kier alpha value is -1.22. The Kier molecular flexibility index (Phi) is 6.50. The third kappa shape index (κ3) is 4.19. The first-order chi connectivity index (χ1) is 12.5. The fourth-order valence-electron chi connectivity index (χ4n) is 3.65. The number of esters is 1. The molecule has 0 unspecified atom stereocenters. The number of aliphatic hydroxyl groups is 1. The minimum atomic E-state index is -0.282. The molecule has 0 amide bonds. The number of nitrogens with one attached hydrogen (secondary N) is 1. The summed E-state index contributed by atoms with van der Waals surface area (Å²) < 4.78 is 5.04. The molecule has 1 atom stereocenters. The summed E-state index contributed by atoms with van der Waals surface area (Å²) in [4.78, 5) is 18.0. The number of hydrogen-bond acceptors (Lipinski definition) is 6. The summed E-state index contributed by atoms with van der Waals surface area (Å²) in [5, 5.41) is 13.9. The number of nitrogens with zero attached hydrogens (tertiary/aromatic N) is 2. The Balaban J connectivity index is 1.73. The van der Waals surface area contributed by atoms with Gasteiger partial charge in [0.15, 0.2) is 5.11 Å². The average molecular weight is 398 g/mol. The van der Waals surface area contributed by atoms with Gasteiger partial charge in [-0.2, -0.15) is 0 Å². The van der Waals surface area contributed by atoms with Crippen molar-refractivity contribution in [3.8, 4) is 0 Å². The molecule has 6 nitrogen and oxygen atoms in total. The quantitative estimate of drug-likeness (QED) is 0.595. The lowest BCUT2D eigenvalue weighted by molar-refractivity contribution is 0.0601. The maximum Gasteiger partial charge on any atom is 0.341 e. The predicted octanol–water partition coefficient (Wildman–Crippen LogP) is 1.97. The summed E-state index contributed by atoms with van der Waals surface area (Å²) in [7, 11) is 1.43. The highest BCUT2D eigenvalue weighted by Crippen LogP contribution is 2.40. The van der Waals surface area contributed by atoms with Crippen molar-refractivity contribution >= 4 is 39.6 Å². The number of hydrogen-bond donors (Lipinski definition) is 2. The van der Waals surface area contributed by atoms with Gasteiger partial charge in [-0.05, 0) is 43.0 Å². The molecule has 144 valence electrons. The number of fused-ring (bicyclic) bond motifs is 1. The van der Waals surface area contributed by atoms with Gasteiger partial charge in [-0.3, -0.25) is 4.90 Å². The number of aliphatic hydroxyl groups excluding tert-OH is 1. The van der Waals surface area contributed by atoms with Crippen LogP contribution in [0.3, 0.4) is 0 Å². The predicted molar refractivity (Wildman–Crippen MR) is 108 cm³/mol. The van der Waals surface area contributed by atoms with Crippen LogP contribution in [0, 0.1) is 5.92 Å². The van der Waals surface area contributed by atoms with Crippen LogP contribution in [0.25, 0.3) is 0 Å². The van der Waals surface area contributed by atoms with Gasteiger partial charge in [0.25, 0.3) is 0 Å². The second-order valence-corrected chi connectivity index (χ2v) is 8.52. The molecule has 2 aliphatic rings. The van der Waals surface area contributed by atoms with Crippen molar-refractivity contribution in [2.45, 2.75) is 26.2 Å². The molecule has 2 heterocycles. The van der Waals surface area contributed by atoms with Gasteiger partial charge in [0.1, 0.15) is 5.00 Å². The van der Waals surface area contributed by atoms with Crippen molar-refractivity contribution in [3.05, 3.63) is 16.0 Å². The molecule has 2 N–H and O–H groups in total. The van der Waals surface area contributed by atoms with Crippen LogP contribution in [-0.4, -0.2) is 72.4 Å². The zero-order valence-corrected chi connectivity index (χ0v) is 17.0. The lowest BCUT2D eigenvalue weighted by atomic mass is 9.88. The Morgan fingerprint density at radius 2 is 2.12 bits per heavy atom. The SMILES string of the molecule is COC(=O)c1c(NC(=S)N2CCN(CCO)CC2)sc2c1CC[C@H](C)C2. The molecule has 1 aliphatic heterocycles. The summed E-state index contributed by atoms with van der Waals surface area (Å²) in [5.41, 5.74) is 1.80. The van der Waals surface area contributed by atoms with Gasteiger partial charge >= 0.3 is 5.97 Å². The zero-order chi connectivity index (χ0) is 18.7. The fourth-order valence-corrected chi connectivity index (χ4v) is 5.40. The lowest BCUT2D eigenvalue weighted by Gasteiger charge is -2.35. The molecule has 0 radical (unpaired) electrons. The number of thiophene rings is 1. The molecule has 0 spiro atoms. The molecule has 1 aromatic rings. The van der Waals surface area contributed by atoms with Crippen LogP contribution in [-0.2, 0) is 17.6 Å². The van der Waals surface area contributed by atoms with E-state index in [0.29, 0.717) is 23.1 Å². The van der Waals surface area contributed by atoms with Crippen LogP contribution in [0.4, 0.5) is 5.00 Å². The maximum atomic E-state index is 12.4. The lowest BCUT2D eigenvalue weighted by Crippen LogP contribution is -2.50. The molecular weight excluding hydrogens is 370 g/mol. The largest absolute Gasteiger partial charge is 0.465 e. The molecular formula is C18H27N3O3S2. The number of piperazine rings is 1. The Morgan fingerprint density at radius 1 is 1.38 bits per heavy atom. The molecule has 1 aliphatic carbocycles. The molecule has 1 saturated heterocycles. The molecule has 26 heavy (non-hydrogen) atoms. The van der Waals surface area contributed by atoms with E-state index in [1.54, 1.807) is 11.3 Å². The highest BCUT2D eigenvalue weighted by molar-refractivity contribution is 7.80. The summed E-state index contributed by atoms with van der Waals surface area (Å²) in [6, 6.07) is 0. The molecule has 0 saturated carbocycles. The van der Waals surface area contributed by atoms with Crippen LogP contribution in [0.15, 0.2) is 0 Å². The minimum Gasteiger partial charge on any atom is -0.465 e. The number of methoxy groups -OCH3 is 1. The van der Waals surface area contributed by atoms with Crippen LogP contribution < -0.4 is 5.32 Å². The van der Waals surface area contributed by atoms with Gasteiger partial charge in [-0.15, -0.1) is 11.3 Å². The van der Waals surface area contributed by atoms with E-state index >= 15 is 0 Å². The normalized spacial score (nSPS) is 20.6. The Morgan fingerprint density at radius 3 is 2.77 bits per heavy atom. The van der Waals surface area contributed by atoms with E-state index in [2.05, 4.69) is 22.0 Å². The van der Waals surface area contributed by atoms with Crippen LogP contribution in [0.5, 0.6) is 0 Å². The average Bonchev–Trinajstić information content (AvgIpc) is 2.98. The molecule has 1 fully saturated rings. The van der Waals surface area contributed by atoms with Crippen molar-refractivity contribution in [1.29, 1.82) is 0 Å². The number of thiocarbonyl (C=S) groups is 1. The summed E-state index contributed by atoms with van der Waals surface area (Å²) in [6.45, 7) is 6.54. The number of carbonyl (C=O) groups is 1. The van der Waals surface area contributed by atoms with E-state index < -0.39 is 0 Å². The van der Waals surface area contributed by atoms with Crippen molar-refractivity contribution in [3.63, 3.8) is 0 Å².